The Morgan fingerprint density at radius 2 is 1.82 bits per heavy atom. The molecule has 1 saturated carbocycles. The van der Waals surface area contributed by atoms with E-state index >= 15 is 0 Å². The molecule has 1 aliphatic rings. The molecule has 9 heteroatoms. The number of hydrogen-bond donors (Lipinski definition) is 1. The predicted octanol–water partition coefficient (Wildman–Crippen LogP) is 6.29. The van der Waals surface area contributed by atoms with Crippen molar-refractivity contribution in [1.29, 1.82) is 0 Å². The summed E-state index contributed by atoms with van der Waals surface area (Å²) in [5.41, 5.74) is -0.460. The maximum Gasteiger partial charge on any atom is 0.433 e. The molecule has 180 valence electrons. The third kappa shape index (κ3) is 4.98. The predicted molar refractivity (Wildman–Crippen MR) is 123 cm³/mol. The number of pyridine rings is 1. The van der Waals surface area contributed by atoms with Crippen LogP contribution in [-0.4, -0.2) is 26.5 Å². The Labute approximate surface area is 195 Å². The van der Waals surface area contributed by atoms with E-state index in [4.69, 9.17) is 0 Å². The van der Waals surface area contributed by atoms with Crippen molar-refractivity contribution in [2.45, 2.75) is 58.7 Å². The Hall–Kier alpha value is -3.23. The Kier molecular flexibility index (Phi) is 6.47. The molecule has 0 bridgehead atoms. The van der Waals surface area contributed by atoms with Crippen molar-refractivity contribution in [3.8, 4) is 0 Å². The van der Waals surface area contributed by atoms with E-state index in [0.717, 1.165) is 49.1 Å². The summed E-state index contributed by atoms with van der Waals surface area (Å²) in [6.45, 7) is 5.87. The Morgan fingerprint density at radius 3 is 2.44 bits per heavy atom. The summed E-state index contributed by atoms with van der Waals surface area (Å²) in [6.07, 6.45) is 1.58. The number of benzene rings is 1. The molecule has 0 aliphatic heterocycles. The van der Waals surface area contributed by atoms with Gasteiger partial charge in [-0.1, -0.05) is 19.9 Å². The molecular weight excluding hydrogens is 445 g/mol. The van der Waals surface area contributed by atoms with Gasteiger partial charge in [0.05, 0.1) is 17.2 Å². The maximum atomic E-state index is 13.0. The number of hydrogen-bond acceptors (Lipinski definition) is 4. The first kappa shape index (κ1) is 23.9. The molecular formula is C25H27F3N4O2. The topological polar surface area (TPSA) is 76.9 Å². The zero-order chi connectivity index (χ0) is 24.6. The van der Waals surface area contributed by atoms with Crippen LogP contribution in [0, 0.1) is 11.8 Å². The number of aromatic nitrogens is 3. The second-order valence-electron chi connectivity index (χ2n) is 9.29. The minimum Gasteiger partial charge on any atom is -0.320 e. The first-order valence-corrected chi connectivity index (χ1v) is 11.4. The molecule has 1 N–H and O–H groups in total. The molecule has 0 spiro atoms. The molecule has 2 heterocycles. The van der Waals surface area contributed by atoms with Gasteiger partial charge in [0.1, 0.15) is 11.4 Å². The van der Waals surface area contributed by atoms with Crippen molar-refractivity contribution in [2.75, 3.05) is 5.32 Å². The van der Waals surface area contributed by atoms with Crippen molar-refractivity contribution in [3.63, 3.8) is 0 Å². The zero-order valence-corrected chi connectivity index (χ0v) is 19.3. The number of amides is 1. The Morgan fingerprint density at radius 1 is 1.12 bits per heavy atom. The van der Waals surface area contributed by atoms with E-state index < -0.39 is 17.8 Å². The van der Waals surface area contributed by atoms with E-state index in [1.165, 1.54) is 13.0 Å². The number of fused-ring (bicyclic) bond motifs is 1. The first-order valence-electron chi connectivity index (χ1n) is 11.4. The van der Waals surface area contributed by atoms with E-state index in [0.29, 0.717) is 11.4 Å². The number of halogens is 3. The number of Topliss-reactive ketones (excluding diaryl/α,β-unsaturated/α-hetero) is 1. The zero-order valence-electron chi connectivity index (χ0n) is 19.3. The summed E-state index contributed by atoms with van der Waals surface area (Å²) in [5, 5.41) is 7.98. The average Bonchev–Trinajstić information content (AvgIpc) is 3.21. The van der Waals surface area contributed by atoms with Crippen LogP contribution in [-0.2, 0) is 6.18 Å². The fourth-order valence-electron chi connectivity index (χ4n) is 4.61. The van der Waals surface area contributed by atoms with Gasteiger partial charge in [-0.3, -0.25) is 14.3 Å². The van der Waals surface area contributed by atoms with E-state index in [9.17, 15) is 22.8 Å². The minimum absolute atomic E-state index is 0.215. The highest BCUT2D eigenvalue weighted by molar-refractivity contribution is 6.10. The van der Waals surface area contributed by atoms with Gasteiger partial charge < -0.3 is 5.32 Å². The standard InChI is InChI=1S/C25H27F3N4O2/c1-14(2)16-7-9-18(10-8-16)32-13-17-11-22(19(15(3)33)12-21(17)31-32)30-24(34)20-5-4-6-23(29-20)25(26,27)28/h4-6,11-14,16,18H,7-10H2,1-3H3,(H,30,34). The van der Waals surface area contributed by atoms with E-state index in [1.54, 1.807) is 12.1 Å². The van der Waals surface area contributed by atoms with Crippen molar-refractivity contribution in [2.24, 2.45) is 11.8 Å². The molecule has 4 rings (SSSR count). The summed E-state index contributed by atoms with van der Waals surface area (Å²) >= 11 is 0. The molecule has 34 heavy (non-hydrogen) atoms. The molecule has 3 aromatic rings. The summed E-state index contributed by atoms with van der Waals surface area (Å²) < 4.78 is 40.8. The summed E-state index contributed by atoms with van der Waals surface area (Å²) in [4.78, 5) is 28.4. The normalized spacial score (nSPS) is 18.9. The SMILES string of the molecule is CC(=O)c1cc2nn(C3CCC(C(C)C)CC3)cc2cc1NC(=O)c1cccc(C(F)(F)F)n1. The van der Waals surface area contributed by atoms with Gasteiger partial charge in [-0.05, 0) is 68.7 Å². The highest BCUT2D eigenvalue weighted by Crippen LogP contribution is 2.36. The molecule has 1 aliphatic carbocycles. The smallest absolute Gasteiger partial charge is 0.320 e. The van der Waals surface area contributed by atoms with Crippen LogP contribution in [0.5, 0.6) is 0 Å². The fourth-order valence-corrected chi connectivity index (χ4v) is 4.61. The van der Waals surface area contributed by atoms with E-state index in [-0.39, 0.29) is 28.8 Å². The van der Waals surface area contributed by atoms with E-state index in [2.05, 4.69) is 29.2 Å². The van der Waals surface area contributed by atoms with Crippen LogP contribution in [0.2, 0.25) is 0 Å². The molecule has 1 amide bonds. The van der Waals surface area contributed by atoms with Crippen LogP contribution in [0.1, 0.15) is 79.0 Å². The second-order valence-corrected chi connectivity index (χ2v) is 9.29. The van der Waals surface area contributed by atoms with Gasteiger partial charge in [-0.2, -0.15) is 18.3 Å². The lowest BCUT2D eigenvalue weighted by molar-refractivity contribution is -0.141. The number of alkyl halides is 3. The van der Waals surface area contributed by atoms with Gasteiger partial charge in [0.2, 0.25) is 0 Å². The monoisotopic (exact) mass is 472 g/mol. The highest BCUT2D eigenvalue weighted by Gasteiger charge is 2.33. The molecule has 6 nitrogen and oxygen atoms in total. The number of carbonyl (C=O) groups is 2. The second kappa shape index (κ2) is 9.19. The molecule has 1 aromatic carbocycles. The van der Waals surface area contributed by atoms with Gasteiger partial charge in [0, 0.05) is 17.1 Å². The van der Waals surface area contributed by atoms with Gasteiger partial charge >= 0.3 is 6.18 Å². The van der Waals surface area contributed by atoms with Crippen molar-refractivity contribution >= 4 is 28.3 Å². The third-order valence-electron chi connectivity index (χ3n) is 6.62. The third-order valence-corrected chi connectivity index (χ3v) is 6.62. The van der Waals surface area contributed by atoms with Crippen LogP contribution < -0.4 is 5.32 Å². The maximum absolute atomic E-state index is 13.0. The van der Waals surface area contributed by atoms with Crippen LogP contribution in [0.4, 0.5) is 18.9 Å². The Bertz CT molecular complexity index is 1220. The van der Waals surface area contributed by atoms with Crippen LogP contribution in [0.25, 0.3) is 10.9 Å². The lowest BCUT2D eigenvalue weighted by Crippen LogP contribution is -2.21. The summed E-state index contributed by atoms with van der Waals surface area (Å²) in [7, 11) is 0. The lowest BCUT2D eigenvalue weighted by atomic mass is 9.80. The number of anilines is 1. The molecule has 0 unspecified atom stereocenters. The van der Waals surface area contributed by atoms with Crippen molar-refractivity contribution in [3.05, 3.63) is 53.5 Å². The fraction of sp³-hybridized carbons (Fsp3) is 0.440. The first-order chi connectivity index (χ1) is 16.0. The summed E-state index contributed by atoms with van der Waals surface area (Å²) in [5.74, 6) is 0.263. The molecule has 0 radical (unpaired) electrons. The highest BCUT2D eigenvalue weighted by atomic mass is 19.4. The number of carbonyl (C=O) groups excluding carboxylic acids is 2. The van der Waals surface area contributed by atoms with E-state index in [1.807, 2.05) is 10.9 Å². The van der Waals surface area contributed by atoms with Crippen molar-refractivity contribution < 1.29 is 22.8 Å². The Balaban J connectivity index is 1.61. The largest absolute Gasteiger partial charge is 0.433 e. The molecule has 2 aromatic heterocycles. The molecule has 0 saturated heterocycles. The lowest BCUT2D eigenvalue weighted by Gasteiger charge is -2.30. The van der Waals surface area contributed by atoms with Crippen LogP contribution in [0.15, 0.2) is 36.5 Å². The van der Waals surface area contributed by atoms with Gasteiger partial charge in [0.25, 0.3) is 5.91 Å². The van der Waals surface area contributed by atoms with Gasteiger partial charge in [-0.25, -0.2) is 4.98 Å². The quantitative estimate of drug-likeness (QED) is 0.443. The van der Waals surface area contributed by atoms with Gasteiger partial charge in [0.15, 0.2) is 5.78 Å². The number of rotatable bonds is 5. The molecule has 0 atom stereocenters. The molecule has 1 fully saturated rings. The van der Waals surface area contributed by atoms with Crippen molar-refractivity contribution in [1.82, 2.24) is 14.8 Å². The number of ketones is 1. The minimum atomic E-state index is -4.66. The number of nitrogens with zero attached hydrogens (tertiary/aromatic N) is 3. The number of nitrogens with one attached hydrogen (secondary N) is 1. The summed E-state index contributed by atoms with van der Waals surface area (Å²) in [6, 6.07) is 6.65. The van der Waals surface area contributed by atoms with Crippen LogP contribution in [0.3, 0.4) is 0 Å². The average molecular weight is 473 g/mol. The van der Waals surface area contributed by atoms with Crippen LogP contribution >= 0.6 is 0 Å². The van der Waals surface area contributed by atoms with Gasteiger partial charge in [-0.15, -0.1) is 0 Å².